The number of fused-ring (bicyclic) bond motifs is 1. The van der Waals surface area contributed by atoms with E-state index in [0.29, 0.717) is 10.9 Å². The van der Waals surface area contributed by atoms with Crippen molar-refractivity contribution in [2.75, 3.05) is 18.2 Å². The second-order valence-corrected chi connectivity index (χ2v) is 7.32. The number of pyridine rings is 1. The fraction of sp³-hybridized carbons (Fsp3) is 0.278. The Hall–Kier alpha value is -2.12. The van der Waals surface area contributed by atoms with E-state index in [1.165, 1.54) is 23.1 Å². The van der Waals surface area contributed by atoms with E-state index in [1.807, 2.05) is 30.5 Å². The summed E-state index contributed by atoms with van der Waals surface area (Å²) in [5, 5.41) is 7.32. The van der Waals surface area contributed by atoms with Crippen LogP contribution < -0.4 is 10.1 Å². The van der Waals surface area contributed by atoms with Crippen LogP contribution in [0.3, 0.4) is 0 Å². The summed E-state index contributed by atoms with van der Waals surface area (Å²) in [7, 11) is 1.65. The van der Waals surface area contributed by atoms with Gasteiger partial charge in [-0.15, -0.1) is 11.3 Å². The molecule has 3 aromatic rings. The molecule has 0 saturated heterocycles. The molecule has 130 valence electrons. The van der Waals surface area contributed by atoms with Crippen LogP contribution in [0.1, 0.15) is 18.2 Å². The van der Waals surface area contributed by atoms with Gasteiger partial charge in [0, 0.05) is 10.8 Å². The lowest BCUT2D eigenvalue weighted by Gasteiger charge is -2.10. The maximum Gasteiger partial charge on any atom is 0.236 e. The first-order chi connectivity index (χ1) is 12.1. The zero-order valence-electron chi connectivity index (χ0n) is 14.3. The van der Waals surface area contributed by atoms with Crippen molar-refractivity contribution in [2.24, 2.45) is 0 Å². The highest BCUT2D eigenvalue weighted by Crippen LogP contribution is 2.28. The third kappa shape index (κ3) is 4.29. The van der Waals surface area contributed by atoms with Crippen LogP contribution in [0.15, 0.2) is 34.7 Å². The maximum absolute atomic E-state index is 12.1. The number of anilines is 1. The number of aromatic nitrogens is 2. The summed E-state index contributed by atoms with van der Waals surface area (Å²) in [6.07, 6.45) is 0.857. The molecule has 0 fully saturated rings. The van der Waals surface area contributed by atoms with Crippen molar-refractivity contribution in [1.82, 2.24) is 9.97 Å². The van der Waals surface area contributed by atoms with E-state index in [1.54, 1.807) is 7.11 Å². The number of thioether (sulfide) groups is 1. The third-order valence-electron chi connectivity index (χ3n) is 3.65. The molecule has 0 aliphatic rings. The number of hydrogen-bond acceptors (Lipinski definition) is 6. The first-order valence-electron chi connectivity index (χ1n) is 7.91. The highest BCUT2D eigenvalue weighted by atomic mass is 32.2. The minimum absolute atomic E-state index is 0.0713. The van der Waals surface area contributed by atoms with Gasteiger partial charge in [0.05, 0.1) is 24.1 Å². The molecule has 1 N–H and O–H groups in total. The number of nitrogens with one attached hydrogen (secondary N) is 1. The summed E-state index contributed by atoms with van der Waals surface area (Å²) in [5.41, 5.74) is 2.94. The minimum atomic E-state index is -0.0713. The number of amides is 1. The maximum atomic E-state index is 12.1. The normalized spacial score (nSPS) is 10.8. The largest absolute Gasteiger partial charge is 0.497 e. The van der Waals surface area contributed by atoms with Crippen molar-refractivity contribution in [1.29, 1.82) is 0 Å². The van der Waals surface area contributed by atoms with Crippen LogP contribution in [0.25, 0.3) is 10.9 Å². The molecule has 1 amide bonds. The number of methoxy groups -OCH3 is 1. The van der Waals surface area contributed by atoms with Crippen LogP contribution in [0.4, 0.5) is 5.13 Å². The standard InChI is InChI=1S/C18H19N3O2S2/c1-4-12-7-13-8-14(23-3)5-6-15(13)20-17(12)24-10-16(22)21-18-19-11(2)9-25-18/h5-9H,4,10H2,1-3H3,(H,19,21,22). The zero-order chi connectivity index (χ0) is 17.8. The van der Waals surface area contributed by atoms with Gasteiger partial charge >= 0.3 is 0 Å². The Morgan fingerprint density at radius 1 is 1.32 bits per heavy atom. The first-order valence-corrected chi connectivity index (χ1v) is 9.78. The van der Waals surface area contributed by atoms with Gasteiger partial charge < -0.3 is 10.1 Å². The van der Waals surface area contributed by atoms with Crippen molar-refractivity contribution in [3.05, 3.63) is 40.9 Å². The van der Waals surface area contributed by atoms with Gasteiger partial charge in [-0.2, -0.15) is 0 Å². The van der Waals surface area contributed by atoms with Crippen LogP contribution in [-0.4, -0.2) is 28.7 Å². The van der Waals surface area contributed by atoms with E-state index in [-0.39, 0.29) is 5.91 Å². The van der Waals surface area contributed by atoms with Crippen molar-refractivity contribution >= 4 is 45.0 Å². The van der Waals surface area contributed by atoms with E-state index < -0.39 is 0 Å². The van der Waals surface area contributed by atoms with E-state index in [2.05, 4.69) is 23.3 Å². The molecule has 0 radical (unpaired) electrons. The van der Waals surface area contributed by atoms with Crippen LogP contribution in [0.2, 0.25) is 0 Å². The van der Waals surface area contributed by atoms with Crippen molar-refractivity contribution in [3.8, 4) is 5.75 Å². The molecule has 1 aromatic carbocycles. The zero-order valence-corrected chi connectivity index (χ0v) is 16.0. The van der Waals surface area contributed by atoms with Gasteiger partial charge in [0.2, 0.25) is 5.91 Å². The Morgan fingerprint density at radius 2 is 2.16 bits per heavy atom. The number of hydrogen-bond donors (Lipinski definition) is 1. The summed E-state index contributed by atoms with van der Waals surface area (Å²) in [6.45, 7) is 3.99. The van der Waals surface area contributed by atoms with Gasteiger partial charge in [0.15, 0.2) is 5.13 Å². The SMILES string of the molecule is CCc1cc2cc(OC)ccc2nc1SCC(=O)Nc1nc(C)cs1. The fourth-order valence-corrected chi connectivity index (χ4v) is 3.98. The first kappa shape index (κ1) is 17.7. The minimum Gasteiger partial charge on any atom is -0.497 e. The van der Waals surface area contributed by atoms with Crippen molar-refractivity contribution in [3.63, 3.8) is 0 Å². The second kappa shape index (κ2) is 7.84. The Bertz CT molecular complexity index is 908. The topological polar surface area (TPSA) is 64.1 Å². The molecule has 0 atom stereocenters. The van der Waals surface area contributed by atoms with E-state index >= 15 is 0 Å². The number of thiazole rings is 1. The number of benzene rings is 1. The fourth-order valence-electron chi connectivity index (χ4n) is 2.39. The summed E-state index contributed by atoms with van der Waals surface area (Å²) in [6, 6.07) is 7.94. The quantitative estimate of drug-likeness (QED) is 0.653. The van der Waals surface area contributed by atoms with Gasteiger partial charge in [0.1, 0.15) is 10.8 Å². The number of ether oxygens (including phenoxy) is 1. The highest BCUT2D eigenvalue weighted by molar-refractivity contribution is 8.00. The lowest BCUT2D eigenvalue weighted by atomic mass is 10.1. The molecule has 0 aliphatic heterocycles. The number of rotatable bonds is 6. The van der Waals surface area contributed by atoms with Gasteiger partial charge in [-0.05, 0) is 43.2 Å². The predicted octanol–water partition coefficient (Wildman–Crippen LogP) is 4.30. The Labute approximate surface area is 154 Å². The molecule has 0 spiro atoms. The average molecular weight is 374 g/mol. The molecule has 3 rings (SSSR count). The molecule has 7 heteroatoms. The van der Waals surface area contributed by atoms with E-state index in [9.17, 15) is 4.79 Å². The molecule has 25 heavy (non-hydrogen) atoms. The molecule has 0 saturated carbocycles. The summed E-state index contributed by atoms with van der Waals surface area (Å²) in [5.74, 6) is 1.05. The van der Waals surface area contributed by atoms with Crippen molar-refractivity contribution < 1.29 is 9.53 Å². The summed E-state index contributed by atoms with van der Waals surface area (Å²) in [4.78, 5) is 21.1. The summed E-state index contributed by atoms with van der Waals surface area (Å²) < 4.78 is 5.27. The molecule has 0 unspecified atom stereocenters. The second-order valence-electron chi connectivity index (χ2n) is 5.50. The third-order valence-corrected chi connectivity index (χ3v) is 5.56. The Morgan fingerprint density at radius 3 is 2.84 bits per heavy atom. The number of carbonyl (C=O) groups excluding carboxylic acids is 1. The van der Waals surface area contributed by atoms with Crippen LogP contribution in [-0.2, 0) is 11.2 Å². The van der Waals surface area contributed by atoms with E-state index in [4.69, 9.17) is 9.72 Å². The van der Waals surface area contributed by atoms with Crippen LogP contribution in [0.5, 0.6) is 5.75 Å². The lowest BCUT2D eigenvalue weighted by Crippen LogP contribution is -2.14. The average Bonchev–Trinajstić information content (AvgIpc) is 3.03. The van der Waals surface area contributed by atoms with Gasteiger partial charge in [-0.1, -0.05) is 18.7 Å². The van der Waals surface area contributed by atoms with E-state index in [0.717, 1.165) is 39.4 Å². The molecule has 5 nitrogen and oxygen atoms in total. The van der Waals surface area contributed by atoms with Crippen LogP contribution in [0, 0.1) is 6.92 Å². The van der Waals surface area contributed by atoms with Crippen LogP contribution >= 0.6 is 23.1 Å². The van der Waals surface area contributed by atoms with Gasteiger partial charge in [0.25, 0.3) is 0 Å². The molecule has 2 heterocycles. The number of nitrogens with zero attached hydrogens (tertiary/aromatic N) is 2. The molecular formula is C18H19N3O2S2. The molecule has 0 aliphatic carbocycles. The number of aryl methyl sites for hydroxylation is 2. The smallest absolute Gasteiger partial charge is 0.236 e. The monoisotopic (exact) mass is 373 g/mol. The molecule has 2 aromatic heterocycles. The number of carbonyl (C=O) groups is 1. The predicted molar refractivity (Wildman–Crippen MR) is 104 cm³/mol. The lowest BCUT2D eigenvalue weighted by molar-refractivity contribution is -0.113. The van der Waals surface area contributed by atoms with Gasteiger partial charge in [-0.25, -0.2) is 9.97 Å². The Balaban J connectivity index is 1.74. The van der Waals surface area contributed by atoms with Crippen molar-refractivity contribution in [2.45, 2.75) is 25.3 Å². The Kier molecular flexibility index (Phi) is 5.55. The van der Waals surface area contributed by atoms with Gasteiger partial charge in [-0.3, -0.25) is 4.79 Å². The summed E-state index contributed by atoms with van der Waals surface area (Å²) >= 11 is 2.89. The molecular weight excluding hydrogens is 354 g/mol. The molecule has 0 bridgehead atoms. The highest BCUT2D eigenvalue weighted by Gasteiger charge is 2.11.